The molecule has 0 bridgehead atoms. The maximum atomic E-state index is 13.0. The number of rotatable bonds is 1. The maximum absolute atomic E-state index is 13.0. The first kappa shape index (κ1) is 14.5. The number of carbonyl (C=O) groups is 1. The van der Waals surface area contributed by atoms with Crippen molar-refractivity contribution >= 4 is 5.91 Å². The van der Waals surface area contributed by atoms with E-state index in [9.17, 15) is 4.79 Å². The molecule has 1 aromatic heterocycles. The highest BCUT2D eigenvalue weighted by molar-refractivity contribution is 5.94. The molecule has 0 radical (unpaired) electrons. The lowest BCUT2D eigenvalue weighted by Crippen LogP contribution is -2.37. The summed E-state index contributed by atoms with van der Waals surface area (Å²) in [6, 6.07) is 8.34. The summed E-state index contributed by atoms with van der Waals surface area (Å²) < 4.78 is 5.80. The van der Waals surface area contributed by atoms with Gasteiger partial charge < -0.3 is 9.64 Å². The molecule has 5 nitrogen and oxygen atoms in total. The number of hydrogen-bond donors (Lipinski definition) is 1. The number of carbonyl (C=O) groups excluding carboxylic acids is 1. The SMILES string of the molecule is C[C@@H]1Cc2c(C(=O)N3CCc4ccccc4C3)n[nH]c2[C@H](C)O1. The van der Waals surface area contributed by atoms with E-state index >= 15 is 0 Å². The summed E-state index contributed by atoms with van der Waals surface area (Å²) in [6.07, 6.45) is 1.72. The Hall–Kier alpha value is -2.14. The number of nitrogens with one attached hydrogen (secondary N) is 1. The molecule has 0 saturated carbocycles. The first-order valence-electron chi connectivity index (χ1n) is 8.22. The lowest BCUT2D eigenvalue weighted by Gasteiger charge is -2.29. The number of ether oxygens (including phenoxy) is 1. The van der Waals surface area contributed by atoms with Crippen LogP contribution in [0, 0.1) is 0 Å². The van der Waals surface area contributed by atoms with Crippen LogP contribution in [-0.4, -0.2) is 33.7 Å². The molecule has 0 spiro atoms. The predicted molar refractivity (Wildman–Crippen MR) is 86.1 cm³/mol. The average molecular weight is 311 g/mol. The zero-order valence-electron chi connectivity index (χ0n) is 13.5. The van der Waals surface area contributed by atoms with Crippen molar-refractivity contribution in [2.45, 2.75) is 45.4 Å². The largest absolute Gasteiger partial charge is 0.369 e. The van der Waals surface area contributed by atoms with Crippen molar-refractivity contribution in [2.75, 3.05) is 6.54 Å². The van der Waals surface area contributed by atoms with Crippen molar-refractivity contribution < 1.29 is 9.53 Å². The third-order valence-electron chi connectivity index (χ3n) is 4.85. The first-order valence-corrected chi connectivity index (χ1v) is 8.22. The van der Waals surface area contributed by atoms with Gasteiger partial charge in [-0.3, -0.25) is 9.89 Å². The van der Waals surface area contributed by atoms with E-state index in [1.807, 2.05) is 24.8 Å². The van der Waals surface area contributed by atoms with E-state index in [2.05, 4.69) is 28.4 Å². The Morgan fingerprint density at radius 3 is 2.91 bits per heavy atom. The lowest BCUT2D eigenvalue weighted by molar-refractivity contribution is -0.00702. The van der Waals surface area contributed by atoms with Crippen molar-refractivity contribution in [2.24, 2.45) is 0 Å². The molecule has 0 saturated heterocycles. The summed E-state index contributed by atoms with van der Waals surface area (Å²) in [5, 5.41) is 7.33. The zero-order chi connectivity index (χ0) is 16.0. The molecule has 1 amide bonds. The molecule has 2 aromatic rings. The average Bonchev–Trinajstić information content (AvgIpc) is 2.97. The molecule has 120 valence electrons. The molecular formula is C18H21N3O2. The second-order valence-electron chi connectivity index (χ2n) is 6.50. The van der Waals surface area contributed by atoms with Gasteiger partial charge in [-0.1, -0.05) is 24.3 Å². The number of fused-ring (bicyclic) bond motifs is 2. The zero-order valence-corrected chi connectivity index (χ0v) is 13.5. The fraction of sp³-hybridized carbons (Fsp3) is 0.444. The third-order valence-corrected chi connectivity index (χ3v) is 4.85. The van der Waals surface area contributed by atoms with E-state index in [-0.39, 0.29) is 18.1 Å². The topological polar surface area (TPSA) is 58.2 Å². The summed E-state index contributed by atoms with van der Waals surface area (Å²) in [4.78, 5) is 14.9. The van der Waals surface area contributed by atoms with Crippen LogP contribution < -0.4 is 0 Å². The van der Waals surface area contributed by atoms with Gasteiger partial charge in [-0.2, -0.15) is 5.10 Å². The van der Waals surface area contributed by atoms with E-state index < -0.39 is 0 Å². The van der Waals surface area contributed by atoms with Gasteiger partial charge in [-0.15, -0.1) is 0 Å². The van der Waals surface area contributed by atoms with Crippen LogP contribution in [0.1, 0.15) is 52.8 Å². The van der Waals surface area contributed by atoms with Crippen molar-refractivity contribution in [1.82, 2.24) is 15.1 Å². The predicted octanol–water partition coefficient (Wildman–Crippen LogP) is 2.63. The van der Waals surface area contributed by atoms with Crippen LogP contribution in [-0.2, 0) is 24.1 Å². The number of nitrogens with zero attached hydrogens (tertiary/aromatic N) is 2. The van der Waals surface area contributed by atoms with E-state index in [0.29, 0.717) is 12.2 Å². The van der Waals surface area contributed by atoms with Gasteiger partial charge in [0.2, 0.25) is 0 Å². The van der Waals surface area contributed by atoms with Gasteiger partial charge in [0.25, 0.3) is 5.91 Å². The summed E-state index contributed by atoms with van der Waals surface area (Å²) in [5.74, 6) is 0.0262. The second kappa shape index (κ2) is 5.49. The van der Waals surface area contributed by atoms with Gasteiger partial charge in [-0.25, -0.2) is 0 Å². The second-order valence-corrected chi connectivity index (χ2v) is 6.50. The van der Waals surface area contributed by atoms with E-state index in [1.54, 1.807) is 0 Å². The standard InChI is InChI=1S/C18H21N3O2/c1-11-9-15-16(12(2)23-11)19-20-17(15)18(22)21-8-7-13-5-3-4-6-14(13)10-21/h3-6,11-12H,7-10H2,1-2H3,(H,19,20)/t11-,12+/m1/s1. The maximum Gasteiger partial charge on any atom is 0.274 e. The molecule has 0 fully saturated rings. The lowest BCUT2D eigenvalue weighted by atomic mass is 9.97. The Balaban J connectivity index is 1.62. The first-order chi connectivity index (χ1) is 11.1. The summed E-state index contributed by atoms with van der Waals surface area (Å²) in [6.45, 7) is 5.45. The highest BCUT2D eigenvalue weighted by Crippen LogP contribution is 2.31. The van der Waals surface area contributed by atoms with Crippen LogP contribution in [0.3, 0.4) is 0 Å². The van der Waals surface area contributed by atoms with Crippen LogP contribution in [0.4, 0.5) is 0 Å². The minimum Gasteiger partial charge on any atom is -0.369 e. The Bertz CT molecular complexity index is 752. The van der Waals surface area contributed by atoms with Gasteiger partial charge in [0.1, 0.15) is 0 Å². The number of aromatic nitrogens is 2. The molecular weight excluding hydrogens is 290 g/mol. The molecule has 4 rings (SSSR count). The summed E-state index contributed by atoms with van der Waals surface area (Å²) in [5.41, 5.74) is 5.13. The van der Waals surface area contributed by atoms with Gasteiger partial charge in [-0.05, 0) is 31.4 Å². The van der Waals surface area contributed by atoms with Crippen molar-refractivity contribution in [1.29, 1.82) is 0 Å². The van der Waals surface area contributed by atoms with Crippen LogP contribution >= 0.6 is 0 Å². The Morgan fingerprint density at radius 1 is 1.30 bits per heavy atom. The smallest absolute Gasteiger partial charge is 0.274 e. The summed E-state index contributed by atoms with van der Waals surface area (Å²) in [7, 11) is 0. The molecule has 2 atom stereocenters. The van der Waals surface area contributed by atoms with Crippen molar-refractivity contribution in [3.05, 3.63) is 52.3 Å². The molecule has 5 heteroatoms. The number of aromatic amines is 1. The Labute approximate surface area is 135 Å². The summed E-state index contributed by atoms with van der Waals surface area (Å²) >= 11 is 0. The Kier molecular flexibility index (Phi) is 3.45. The Morgan fingerprint density at radius 2 is 2.09 bits per heavy atom. The third kappa shape index (κ3) is 2.45. The minimum absolute atomic E-state index is 0.0262. The van der Waals surface area contributed by atoms with Gasteiger partial charge in [0.15, 0.2) is 5.69 Å². The van der Waals surface area contributed by atoms with E-state index in [1.165, 1.54) is 11.1 Å². The van der Waals surface area contributed by atoms with Gasteiger partial charge in [0.05, 0.1) is 17.9 Å². The quantitative estimate of drug-likeness (QED) is 0.881. The van der Waals surface area contributed by atoms with Crippen LogP contribution in [0.2, 0.25) is 0 Å². The minimum atomic E-state index is -0.0371. The van der Waals surface area contributed by atoms with E-state index in [4.69, 9.17) is 4.74 Å². The molecule has 0 aliphatic carbocycles. The molecule has 3 heterocycles. The van der Waals surface area contributed by atoms with E-state index in [0.717, 1.165) is 30.6 Å². The van der Waals surface area contributed by atoms with Gasteiger partial charge in [0, 0.05) is 25.1 Å². The molecule has 2 aliphatic rings. The van der Waals surface area contributed by atoms with Crippen LogP contribution in [0.25, 0.3) is 0 Å². The molecule has 2 aliphatic heterocycles. The van der Waals surface area contributed by atoms with Crippen molar-refractivity contribution in [3.8, 4) is 0 Å². The van der Waals surface area contributed by atoms with Crippen molar-refractivity contribution in [3.63, 3.8) is 0 Å². The highest BCUT2D eigenvalue weighted by atomic mass is 16.5. The number of benzene rings is 1. The molecule has 23 heavy (non-hydrogen) atoms. The van der Waals surface area contributed by atoms with Gasteiger partial charge >= 0.3 is 0 Å². The monoisotopic (exact) mass is 311 g/mol. The fourth-order valence-corrected chi connectivity index (χ4v) is 3.67. The normalized spacial score (nSPS) is 23.3. The number of H-pyrrole nitrogens is 1. The fourth-order valence-electron chi connectivity index (χ4n) is 3.67. The van der Waals surface area contributed by atoms with Crippen LogP contribution in [0.15, 0.2) is 24.3 Å². The number of hydrogen-bond acceptors (Lipinski definition) is 3. The molecule has 0 unspecified atom stereocenters. The number of amides is 1. The van der Waals surface area contributed by atoms with Crippen LogP contribution in [0.5, 0.6) is 0 Å². The highest BCUT2D eigenvalue weighted by Gasteiger charge is 2.32. The molecule has 1 N–H and O–H groups in total. The molecule has 1 aromatic carbocycles.